The zero-order valence-corrected chi connectivity index (χ0v) is 10.6. The number of hydrogen-bond acceptors (Lipinski definition) is 3. The van der Waals surface area contributed by atoms with Crippen molar-refractivity contribution in [2.45, 2.75) is 18.6 Å². The minimum absolute atomic E-state index is 0.503. The Bertz CT molecular complexity index is 566. The Hall–Kier alpha value is -1.58. The molecule has 18 heavy (non-hydrogen) atoms. The lowest BCUT2D eigenvalue weighted by Crippen LogP contribution is -2.30. The van der Waals surface area contributed by atoms with Crippen LogP contribution in [-0.4, -0.2) is 22.6 Å². The molecular weight excluding hydrogens is 252 g/mol. The van der Waals surface area contributed by atoms with Gasteiger partial charge in [0, 0.05) is 0 Å². The van der Waals surface area contributed by atoms with E-state index in [0.29, 0.717) is 5.75 Å². The van der Waals surface area contributed by atoms with Gasteiger partial charge in [0.05, 0.1) is 0 Å². The summed E-state index contributed by atoms with van der Waals surface area (Å²) in [5.41, 5.74) is -1.17. The normalized spacial score (nSPS) is 14.2. The van der Waals surface area contributed by atoms with E-state index in [1.54, 1.807) is 12.1 Å². The number of carbonyl (C=O) groups is 1. The monoisotopic (exact) mass is 264 g/mol. The van der Waals surface area contributed by atoms with Crippen LogP contribution in [0.3, 0.4) is 0 Å². The van der Waals surface area contributed by atoms with Crippen LogP contribution in [0.15, 0.2) is 42.5 Å². The molecule has 3 nitrogen and oxygen atoms in total. The summed E-state index contributed by atoms with van der Waals surface area (Å²) in [6.07, 6.45) is -1.13. The molecule has 0 aliphatic rings. The number of ketones is 1. The van der Waals surface area contributed by atoms with Gasteiger partial charge in [0.2, 0.25) is 11.3 Å². The Labute approximate surface area is 110 Å². The molecule has 0 aromatic heterocycles. The molecule has 0 heterocycles. The predicted octanol–water partition coefficient (Wildman–Crippen LogP) is 2.73. The molecule has 94 valence electrons. The molecule has 0 saturated heterocycles. The van der Waals surface area contributed by atoms with Gasteiger partial charge in [0.15, 0.2) is 0 Å². The van der Waals surface area contributed by atoms with Crippen LogP contribution < -0.4 is 4.74 Å². The van der Waals surface area contributed by atoms with Gasteiger partial charge in [0.1, 0.15) is 11.9 Å². The highest BCUT2D eigenvalue weighted by Crippen LogP contribution is 2.22. The number of halogens is 1. The third kappa shape index (κ3) is 2.81. The molecule has 1 N–H and O–H groups in total. The first-order valence-corrected chi connectivity index (χ1v) is 6.03. The van der Waals surface area contributed by atoms with Crippen LogP contribution in [0.1, 0.15) is 6.92 Å². The molecule has 0 saturated carbocycles. The van der Waals surface area contributed by atoms with Crippen LogP contribution in [0.5, 0.6) is 5.75 Å². The van der Waals surface area contributed by atoms with Gasteiger partial charge in [-0.05, 0) is 29.8 Å². The Morgan fingerprint density at radius 3 is 2.56 bits per heavy atom. The molecule has 0 aliphatic heterocycles. The molecule has 0 fully saturated rings. The number of rotatable bonds is 4. The van der Waals surface area contributed by atoms with Crippen LogP contribution in [0.4, 0.5) is 0 Å². The van der Waals surface area contributed by atoms with E-state index in [1.807, 2.05) is 30.3 Å². The lowest BCUT2D eigenvalue weighted by molar-refractivity contribution is -0.130. The summed E-state index contributed by atoms with van der Waals surface area (Å²) in [5.74, 6) is -0.0486. The van der Waals surface area contributed by atoms with E-state index in [2.05, 4.69) is 0 Å². The number of aliphatic hydroxyl groups excluding tert-OH is 1. The fraction of sp³-hybridized carbons (Fsp3) is 0.214. The first-order valence-electron chi connectivity index (χ1n) is 5.59. The molecule has 2 rings (SSSR count). The van der Waals surface area contributed by atoms with E-state index in [9.17, 15) is 4.79 Å². The van der Waals surface area contributed by atoms with Crippen molar-refractivity contribution >= 4 is 28.2 Å². The van der Waals surface area contributed by atoms with Crippen molar-refractivity contribution in [1.82, 2.24) is 0 Å². The van der Waals surface area contributed by atoms with Crippen molar-refractivity contribution in [3.05, 3.63) is 42.5 Å². The van der Waals surface area contributed by atoms with Gasteiger partial charge in [-0.15, -0.1) is 0 Å². The largest absolute Gasteiger partial charge is 0.467 e. The van der Waals surface area contributed by atoms with E-state index < -0.39 is 17.5 Å². The second-order valence-electron chi connectivity index (χ2n) is 4.02. The molecule has 0 spiro atoms. The van der Waals surface area contributed by atoms with Gasteiger partial charge in [0.25, 0.3) is 0 Å². The molecule has 0 radical (unpaired) electrons. The Morgan fingerprint density at radius 2 is 1.89 bits per heavy atom. The molecule has 2 aromatic rings. The van der Waals surface area contributed by atoms with E-state index in [1.165, 1.54) is 6.92 Å². The minimum Gasteiger partial charge on any atom is -0.467 e. The van der Waals surface area contributed by atoms with Gasteiger partial charge in [-0.3, -0.25) is 4.79 Å². The van der Waals surface area contributed by atoms with Crippen LogP contribution in [0.2, 0.25) is 0 Å². The zero-order chi connectivity index (χ0) is 13.1. The highest BCUT2D eigenvalue weighted by molar-refractivity contribution is 6.30. The van der Waals surface area contributed by atoms with Gasteiger partial charge in [-0.2, -0.15) is 0 Å². The van der Waals surface area contributed by atoms with Crippen LogP contribution in [0.25, 0.3) is 10.8 Å². The number of aliphatic hydroxyl groups is 1. The number of alkyl halides is 1. The highest BCUT2D eigenvalue weighted by atomic mass is 35.5. The van der Waals surface area contributed by atoms with Crippen LogP contribution in [0, 0.1) is 0 Å². The van der Waals surface area contributed by atoms with Crippen LogP contribution >= 0.6 is 11.6 Å². The first-order chi connectivity index (χ1) is 8.58. The van der Waals surface area contributed by atoms with Gasteiger partial charge in [-0.1, -0.05) is 41.9 Å². The number of Topliss-reactive ketones (excluding diaryl/α,β-unsaturated/α-hetero) is 1. The topological polar surface area (TPSA) is 46.5 Å². The Balaban J connectivity index is 2.19. The van der Waals surface area contributed by atoms with E-state index >= 15 is 0 Å². The summed E-state index contributed by atoms with van der Waals surface area (Å²) in [6.45, 7) is 1.36. The second kappa shape index (κ2) is 5.38. The molecule has 4 heteroatoms. The fourth-order valence-electron chi connectivity index (χ4n) is 1.61. The standard InChI is InChI=1S/C14H13ClO3/c1-9(16)13(17)14(15)18-12-7-6-10-4-2-3-5-11(10)8-12/h2-9,14,16H,1H3. The van der Waals surface area contributed by atoms with Gasteiger partial charge >= 0.3 is 0 Å². The average Bonchev–Trinajstić information content (AvgIpc) is 2.37. The van der Waals surface area contributed by atoms with Crippen LogP contribution in [-0.2, 0) is 4.79 Å². The SMILES string of the molecule is CC(O)C(=O)C(Cl)Oc1ccc2ccccc2c1. The number of hydrogen-bond donors (Lipinski definition) is 1. The zero-order valence-electron chi connectivity index (χ0n) is 9.84. The lowest BCUT2D eigenvalue weighted by atomic mass is 10.1. The van der Waals surface area contributed by atoms with Gasteiger partial charge < -0.3 is 9.84 Å². The molecule has 2 aromatic carbocycles. The highest BCUT2D eigenvalue weighted by Gasteiger charge is 2.21. The summed E-state index contributed by atoms with van der Waals surface area (Å²) in [6, 6.07) is 13.2. The summed E-state index contributed by atoms with van der Waals surface area (Å²) in [5, 5.41) is 11.2. The molecular formula is C14H13ClO3. The summed E-state index contributed by atoms with van der Waals surface area (Å²) in [4.78, 5) is 11.4. The Kier molecular flexibility index (Phi) is 3.84. The van der Waals surface area contributed by atoms with Crippen molar-refractivity contribution in [3.63, 3.8) is 0 Å². The Morgan fingerprint density at radius 1 is 1.22 bits per heavy atom. The summed E-state index contributed by atoms with van der Waals surface area (Å²) < 4.78 is 5.30. The van der Waals surface area contributed by atoms with Crippen molar-refractivity contribution in [2.75, 3.05) is 0 Å². The summed E-state index contributed by atoms with van der Waals surface area (Å²) in [7, 11) is 0. The van der Waals surface area contributed by atoms with E-state index in [0.717, 1.165) is 10.8 Å². The summed E-state index contributed by atoms with van der Waals surface area (Å²) >= 11 is 5.78. The van der Waals surface area contributed by atoms with Crippen molar-refractivity contribution in [2.24, 2.45) is 0 Å². The van der Waals surface area contributed by atoms with Gasteiger partial charge in [-0.25, -0.2) is 0 Å². The molecule has 2 unspecified atom stereocenters. The number of ether oxygens (including phenoxy) is 1. The van der Waals surface area contributed by atoms with Crippen molar-refractivity contribution < 1.29 is 14.6 Å². The number of carbonyl (C=O) groups excluding carboxylic acids is 1. The second-order valence-corrected chi connectivity index (χ2v) is 4.42. The maximum atomic E-state index is 11.4. The maximum Gasteiger partial charge on any atom is 0.232 e. The quantitative estimate of drug-likeness (QED) is 0.864. The lowest BCUT2D eigenvalue weighted by Gasteiger charge is -2.13. The van der Waals surface area contributed by atoms with Crippen molar-refractivity contribution in [1.29, 1.82) is 0 Å². The molecule has 0 amide bonds. The number of fused-ring (bicyclic) bond motifs is 1. The minimum atomic E-state index is -1.17. The molecule has 2 atom stereocenters. The average molecular weight is 265 g/mol. The first kappa shape index (κ1) is 12.9. The fourth-order valence-corrected chi connectivity index (χ4v) is 1.89. The predicted molar refractivity (Wildman–Crippen MR) is 70.9 cm³/mol. The van der Waals surface area contributed by atoms with E-state index in [4.69, 9.17) is 21.4 Å². The number of benzene rings is 2. The molecule has 0 bridgehead atoms. The molecule has 0 aliphatic carbocycles. The third-order valence-electron chi connectivity index (χ3n) is 2.60. The van der Waals surface area contributed by atoms with Crippen molar-refractivity contribution in [3.8, 4) is 5.75 Å². The van der Waals surface area contributed by atoms with E-state index in [-0.39, 0.29) is 0 Å². The maximum absolute atomic E-state index is 11.4. The third-order valence-corrected chi connectivity index (χ3v) is 2.90. The smallest absolute Gasteiger partial charge is 0.232 e.